The van der Waals surface area contributed by atoms with E-state index >= 15 is 0 Å². The van der Waals surface area contributed by atoms with Crippen LogP contribution in [0.4, 0.5) is 5.69 Å². The van der Waals surface area contributed by atoms with Gasteiger partial charge in [-0.1, -0.05) is 0 Å². The summed E-state index contributed by atoms with van der Waals surface area (Å²) < 4.78 is 0. The molecule has 0 heterocycles. The number of benzene rings is 1. The van der Waals surface area contributed by atoms with E-state index in [1.165, 1.54) is 13.0 Å². The number of nitro benzene ring substituents is 1. The standard InChI is InChI=1S/C7H7NO4/c1-4-6(9)3-2-5(7(4)10)8(11)12/h2-3,9-10H,1H3. The van der Waals surface area contributed by atoms with Crippen LogP contribution in [0, 0.1) is 17.0 Å². The van der Waals surface area contributed by atoms with Gasteiger partial charge in [0.25, 0.3) is 0 Å². The Morgan fingerprint density at radius 1 is 1.42 bits per heavy atom. The molecule has 1 aromatic carbocycles. The van der Waals surface area contributed by atoms with Gasteiger partial charge in [0.15, 0.2) is 0 Å². The van der Waals surface area contributed by atoms with Crippen molar-refractivity contribution in [1.82, 2.24) is 0 Å². The summed E-state index contributed by atoms with van der Waals surface area (Å²) in [5.41, 5.74) is -0.283. The summed E-state index contributed by atoms with van der Waals surface area (Å²) in [5, 5.41) is 28.4. The molecule has 12 heavy (non-hydrogen) atoms. The van der Waals surface area contributed by atoms with Gasteiger partial charge in [0.1, 0.15) is 5.75 Å². The van der Waals surface area contributed by atoms with E-state index in [1.54, 1.807) is 0 Å². The summed E-state index contributed by atoms with van der Waals surface area (Å²) in [7, 11) is 0. The number of hydrogen-bond acceptors (Lipinski definition) is 4. The van der Waals surface area contributed by atoms with Crippen molar-refractivity contribution in [2.24, 2.45) is 0 Å². The Bertz CT molecular complexity index is 334. The number of phenols is 2. The Balaban J connectivity index is 3.36. The van der Waals surface area contributed by atoms with Gasteiger partial charge in [0.2, 0.25) is 5.75 Å². The Labute approximate surface area is 68.0 Å². The third kappa shape index (κ3) is 1.16. The molecule has 0 aliphatic carbocycles. The minimum atomic E-state index is -0.707. The largest absolute Gasteiger partial charge is 0.508 e. The second kappa shape index (κ2) is 2.69. The molecule has 0 aliphatic heterocycles. The van der Waals surface area contributed by atoms with Crippen LogP contribution in [0.15, 0.2) is 12.1 Å². The second-order valence-corrected chi connectivity index (χ2v) is 2.33. The first-order chi connectivity index (χ1) is 5.54. The molecule has 0 radical (unpaired) electrons. The smallest absolute Gasteiger partial charge is 0.311 e. The molecule has 0 saturated heterocycles. The number of phenolic OH excluding ortho intramolecular Hbond substituents is 2. The zero-order chi connectivity index (χ0) is 9.30. The summed E-state index contributed by atoms with van der Waals surface area (Å²) in [6, 6.07) is 2.23. The van der Waals surface area contributed by atoms with Gasteiger partial charge in [-0.25, -0.2) is 0 Å². The first-order valence-electron chi connectivity index (χ1n) is 3.20. The van der Waals surface area contributed by atoms with Crippen molar-refractivity contribution in [1.29, 1.82) is 0 Å². The molecule has 0 saturated carbocycles. The van der Waals surface area contributed by atoms with Crippen LogP contribution in [0.1, 0.15) is 5.56 Å². The molecule has 0 atom stereocenters. The van der Waals surface area contributed by atoms with E-state index in [9.17, 15) is 10.1 Å². The lowest BCUT2D eigenvalue weighted by Crippen LogP contribution is -1.89. The lowest BCUT2D eigenvalue weighted by molar-refractivity contribution is -0.385. The summed E-state index contributed by atoms with van der Waals surface area (Å²) in [5.74, 6) is -0.641. The van der Waals surface area contributed by atoms with Crippen LogP contribution in [0.2, 0.25) is 0 Å². The average molecular weight is 169 g/mol. The Kier molecular flexibility index (Phi) is 1.86. The molecule has 64 valence electrons. The molecule has 5 heteroatoms. The van der Waals surface area contributed by atoms with Gasteiger partial charge in [0, 0.05) is 11.6 Å². The van der Waals surface area contributed by atoms with Crippen LogP contribution < -0.4 is 0 Å². The highest BCUT2D eigenvalue weighted by Gasteiger charge is 2.16. The molecule has 5 nitrogen and oxygen atoms in total. The zero-order valence-electron chi connectivity index (χ0n) is 6.31. The molecule has 2 N–H and O–H groups in total. The van der Waals surface area contributed by atoms with Gasteiger partial charge in [-0.05, 0) is 13.0 Å². The van der Waals surface area contributed by atoms with Gasteiger partial charge >= 0.3 is 5.69 Å². The number of aromatic hydroxyl groups is 2. The normalized spacial score (nSPS) is 9.75. The summed E-state index contributed by atoms with van der Waals surface area (Å²) >= 11 is 0. The summed E-state index contributed by atoms with van der Waals surface area (Å²) in [6.45, 7) is 1.40. The third-order valence-corrected chi connectivity index (χ3v) is 1.58. The van der Waals surface area contributed by atoms with Gasteiger partial charge in [-0.3, -0.25) is 10.1 Å². The maximum Gasteiger partial charge on any atom is 0.311 e. The fourth-order valence-corrected chi connectivity index (χ4v) is 0.823. The van der Waals surface area contributed by atoms with Crippen molar-refractivity contribution in [2.75, 3.05) is 0 Å². The molecular formula is C7H7NO4. The molecule has 0 spiro atoms. The number of rotatable bonds is 1. The average Bonchev–Trinajstić information content (AvgIpc) is 2.00. The monoisotopic (exact) mass is 169 g/mol. The predicted molar refractivity (Wildman–Crippen MR) is 41.2 cm³/mol. The van der Waals surface area contributed by atoms with Crippen molar-refractivity contribution < 1.29 is 15.1 Å². The Morgan fingerprint density at radius 2 is 2.00 bits per heavy atom. The van der Waals surface area contributed by atoms with Crippen molar-refractivity contribution in [3.63, 3.8) is 0 Å². The topological polar surface area (TPSA) is 83.6 Å². The molecule has 0 aliphatic rings. The van der Waals surface area contributed by atoms with E-state index in [1.807, 2.05) is 0 Å². The van der Waals surface area contributed by atoms with E-state index in [-0.39, 0.29) is 11.3 Å². The number of nitro groups is 1. The highest BCUT2D eigenvalue weighted by atomic mass is 16.6. The van der Waals surface area contributed by atoms with Crippen LogP contribution >= 0.6 is 0 Å². The lowest BCUT2D eigenvalue weighted by atomic mass is 10.2. The minimum absolute atomic E-state index is 0.115. The van der Waals surface area contributed by atoms with Crippen molar-refractivity contribution in [3.05, 3.63) is 27.8 Å². The quantitative estimate of drug-likeness (QED) is 0.490. The molecular weight excluding hydrogens is 162 g/mol. The fourth-order valence-electron chi connectivity index (χ4n) is 0.823. The molecule has 1 rings (SSSR count). The Hall–Kier alpha value is -1.78. The number of hydrogen-bond donors (Lipinski definition) is 2. The third-order valence-electron chi connectivity index (χ3n) is 1.58. The second-order valence-electron chi connectivity index (χ2n) is 2.33. The van der Waals surface area contributed by atoms with Gasteiger partial charge in [-0.15, -0.1) is 0 Å². The van der Waals surface area contributed by atoms with Crippen LogP contribution in [-0.2, 0) is 0 Å². The van der Waals surface area contributed by atoms with Gasteiger partial charge < -0.3 is 10.2 Å². The summed E-state index contributed by atoms with van der Waals surface area (Å²) in [4.78, 5) is 9.54. The van der Waals surface area contributed by atoms with Gasteiger partial charge in [-0.2, -0.15) is 0 Å². The zero-order valence-corrected chi connectivity index (χ0v) is 6.31. The molecule has 1 aromatic rings. The Morgan fingerprint density at radius 3 is 2.50 bits per heavy atom. The molecule has 0 aromatic heterocycles. The van der Waals surface area contributed by atoms with Crippen LogP contribution in [-0.4, -0.2) is 15.1 Å². The predicted octanol–water partition coefficient (Wildman–Crippen LogP) is 1.31. The maximum absolute atomic E-state index is 10.2. The van der Waals surface area contributed by atoms with Crippen LogP contribution in [0.3, 0.4) is 0 Å². The van der Waals surface area contributed by atoms with Crippen molar-refractivity contribution in [2.45, 2.75) is 6.92 Å². The molecule has 0 amide bonds. The van der Waals surface area contributed by atoms with E-state index in [0.717, 1.165) is 6.07 Å². The SMILES string of the molecule is Cc1c(O)ccc([N+](=O)[O-])c1O. The van der Waals surface area contributed by atoms with Crippen LogP contribution in [0.25, 0.3) is 0 Å². The summed E-state index contributed by atoms with van der Waals surface area (Å²) in [6.07, 6.45) is 0. The molecule has 0 unspecified atom stereocenters. The highest BCUT2D eigenvalue weighted by Crippen LogP contribution is 2.34. The minimum Gasteiger partial charge on any atom is -0.508 e. The van der Waals surface area contributed by atoms with E-state index in [4.69, 9.17) is 10.2 Å². The van der Waals surface area contributed by atoms with E-state index in [2.05, 4.69) is 0 Å². The number of nitrogens with zero attached hydrogens (tertiary/aromatic N) is 1. The van der Waals surface area contributed by atoms with Crippen molar-refractivity contribution >= 4 is 5.69 Å². The highest BCUT2D eigenvalue weighted by molar-refractivity contribution is 5.55. The first kappa shape index (κ1) is 8.32. The van der Waals surface area contributed by atoms with Crippen molar-refractivity contribution in [3.8, 4) is 11.5 Å². The van der Waals surface area contributed by atoms with E-state index < -0.39 is 16.4 Å². The van der Waals surface area contributed by atoms with Crippen LogP contribution in [0.5, 0.6) is 11.5 Å². The van der Waals surface area contributed by atoms with E-state index in [0.29, 0.717) is 0 Å². The molecule has 0 bridgehead atoms. The lowest BCUT2D eigenvalue weighted by Gasteiger charge is -2.01. The van der Waals surface area contributed by atoms with Gasteiger partial charge in [0.05, 0.1) is 4.92 Å². The first-order valence-corrected chi connectivity index (χ1v) is 3.20. The maximum atomic E-state index is 10.2. The fraction of sp³-hybridized carbons (Fsp3) is 0.143. The molecule has 0 fully saturated rings.